The number of hydrogen-bond acceptors (Lipinski definition) is 4. The molecule has 1 saturated heterocycles. The molecule has 5 nitrogen and oxygen atoms in total. The molecule has 1 aromatic heterocycles. The first-order valence-corrected chi connectivity index (χ1v) is 7.33. The molecule has 1 aromatic rings. The zero-order valence-corrected chi connectivity index (χ0v) is 12.6. The van der Waals surface area contributed by atoms with Crippen LogP contribution in [0.4, 0.5) is 0 Å². The molecule has 0 spiro atoms. The Kier molecular flexibility index (Phi) is 5.76. The summed E-state index contributed by atoms with van der Waals surface area (Å²) in [5, 5.41) is 3.33. The first-order chi connectivity index (χ1) is 9.66. The Hall–Kier alpha value is -1.17. The summed E-state index contributed by atoms with van der Waals surface area (Å²) in [5.41, 5.74) is 0.439. The van der Waals surface area contributed by atoms with E-state index >= 15 is 0 Å². The summed E-state index contributed by atoms with van der Waals surface area (Å²) in [4.78, 5) is 20.6. The van der Waals surface area contributed by atoms with Crippen molar-refractivity contribution in [2.45, 2.75) is 6.42 Å². The summed E-state index contributed by atoms with van der Waals surface area (Å²) >= 11 is 5.95. The van der Waals surface area contributed by atoms with Gasteiger partial charge < -0.3 is 15.1 Å². The zero-order valence-electron chi connectivity index (χ0n) is 11.8. The smallest absolute Gasteiger partial charge is 0.254 e. The molecule has 0 saturated carbocycles. The molecule has 6 heteroatoms. The van der Waals surface area contributed by atoms with Gasteiger partial charge in [-0.3, -0.25) is 9.78 Å². The largest absolute Gasteiger partial charge is 0.352 e. The van der Waals surface area contributed by atoms with Crippen LogP contribution in [0.2, 0.25) is 5.02 Å². The van der Waals surface area contributed by atoms with Crippen molar-refractivity contribution < 1.29 is 4.79 Å². The van der Waals surface area contributed by atoms with Gasteiger partial charge in [0.2, 0.25) is 0 Å². The van der Waals surface area contributed by atoms with Gasteiger partial charge in [0.15, 0.2) is 0 Å². The highest BCUT2D eigenvalue weighted by atomic mass is 35.5. The number of hydrogen-bond donors (Lipinski definition) is 1. The molecular weight excluding hydrogens is 276 g/mol. The first kappa shape index (κ1) is 15.2. The molecule has 0 unspecified atom stereocenters. The fraction of sp³-hybridized carbons (Fsp3) is 0.571. The van der Waals surface area contributed by atoms with Gasteiger partial charge >= 0.3 is 0 Å². The lowest BCUT2D eigenvalue weighted by molar-refractivity contribution is 0.0949. The molecule has 20 heavy (non-hydrogen) atoms. The van der Waals surface area contributed by atoms with E-state index in [9.17, 15) is 4.79 Å². The van der Waals surface area contributed by atoms with Crippen LogP contribution in [0.1, 0.15) is 16.8 Å². The lowest BCUT2D eigenvalue weighted by atomic mass is 10.2. The maximum Gasteiger partial charge on any atom is 0.254 e. The number of carbonyl (C=O) groups is 1. The van der Waals surface area contributed by atoms with Gasteiger partial charge in [-0.05, 0) is 26.1 Å². The van der Waals surface area contributed by atoms with Gasteiger partial charge in [-0.2, -0.15) is 0 Å². The van der Waals surface area contributed by atoms with Gasteiger partial charge in [0, 0.05) is 45.1 Å². The molecule has 1 amide bonds. The van der Waals surface area contributed by atoms with E-state index < -0.39 is 0 Å². The number of carbonyl (C=O) groups excluding carboxylic acids is 1. The number of amides is 1. The van der Waals surface area contributed by atoms with Crippen molar-refractivity contribution in [3.63, 3.8) is 0 Å². The van der Waals surface area contributed by atoms with Crippen LogP contribution < -0.4 is 5.32 Å². The average molecular weight is 297 g/mol. The van der Waals surface area contributed by atoms with Gasteiger partial charge in [0.1, 0.15) is 0 Å². The summed E-state index contributed by atoms with van der Waals surface area (Å²) in [5.74, 6) is -0.151. The van der Waals surface area contributed by atoms with Crippen molar-refractivity contribution in [1.82, 2.24) is 20.1 Å². The number of halogens is 1. The summed E-state index contributed by atoms with van der Waals surface area (Å²) in [6.45, 7) is 6.15. The van der Waals surface area contributed by atoms with Crippen LogP contribution >= 0.6 is 11.6 Å². The Morgan fingerprint density at radius 1 is 1.40 bits per heavy atom. The second-order valence-corrected chi connectivity index (χ2v) is 5.52. The Balaban J connectivity index is 1.66. The quantitative estimate of drug-likeness (QED) is 0.827. The lowest BCUT2D eigenvalue weighted by Crippen LogP contribution is -2.45. The Morgan fingerprint density at radius 2 is 2.15 bits per heavy atom. The van der Waals surface area contributed by atoms with Crippen LogP contribution in [0.5, 0.6) is 0 Å². The number of nitrogens with one attached hydrogen (secondary N) is 1. The van der Waals surface area contributed by atoms with Gasteiger partial charge in [-0.15, -0.1) is 0 Å². The van der Waals surface area contributed by atoms with Gasteiger partial charge in [0.25, 0.3) is 5.91 Å². The van der Waals surface area contributed by atoms with E-state index in [4.69, 9.17) is 11.6 Å². The van der Waals surface area contributed by atoms with E-state index in [1.165, 1.54) is 6.20 Å². The second kappa shape index (κ2) is 7.57. The fourth-order valence-corrected chi connectivity index (χ4v) is 2.41. The molecule has 0 radical (unpaired) electrons. The molecule has 0 bridgehead atoms. The molecule has 2 heterocycles. The number of likely N-dealkylation sites (N-methyl/N-ethyl adjacent to an activating group) is 1. The molecular formula is C14H21ClN4O. The zero-order chi connectivity index (χ0) is 14.4. The van der Waals surface area contributed by atoms with Gasteiger partial charge in [0.05, 0.1) is 10.6 Å². The van der Waals surface area contributed by atoms with E-state index in [0.717, 1.165) is 39.1 Å². The van der Waals surface area contributed by atoms with Crippen molar-refractivity contribution in [3.8, 4) is 0 Å². The van der Waals surface area contributed by atoms with E-state index in [1.54, 1.807) is 12.3 Å². The monoisotopic (exact) mass is 296 g/mol. The van der Waals surface area contributed by atoms with Crippen molar-refractivity contribution >= 4 is 17.5 Å². The van der Waals surface area contributed by atoms with E-state index in [0.29, 0.717) is 17.1 Å². The highest BCUT2D eigenvalue weighted by Crippen LogP contribution is 2.12. The summed E-state index contributed by atoms with van der Waals surface area (Å²) in [6, 6.07) is 1.63. The predicted molar refractivity (Wildman–Crippen MR) is 80.1 cm³/mol. The summed E-state index contributed by atoms with van der Waals surface area (Å²) in [6.07, 6.45) is 4.03. The van der Waals surface area contributed by atoms with Crippen LogP contribution in [-0.4, -0.2) is 67.0 Å². The Labute approximate surface area is 124 Å². The number of pyridine rings is 1. The third-order valence-electron chi connectivity index (χ3n) is 3.55. The SMILES string of the molecule is CN1CCN(CCCNC(=O)c2cnccc2Cl)CC1. The number of aromatic nitrogens is 1. The third kappa shape index (κ3) is 4.44. The normalized spacial score (nSPS) is 17.1. The lowest BCUT2D eigenvalue weighted by Gasteiger charge is -2.32. The number of nitrogens with zero attached hydrogens (tertiary/aromatic N) is 3. The fourth-order valence-electron chi connectivity index (χ4n) is 2.22. The standard InChI is InChI=1S/C14H21ClN4O/c1-18-7-9-19(10-8-18)6-2-4-17-14(20)12-11-16-5-3-13(12)15/h3,5,11H,2,4,6-10H2,1H3,(H,17,20). The highest BCUT2D eigenvalue weighted by molar-refractivity contribution is 6.33. The molecule has 2 rings (SSSR count). The van der Waals surface area contributed by atoms with Crippen molar-refractivity contribution in [2.24, 2.45) is 0 Å². The van der Waals surface area contributed by atoms with Crippen LogP contribution in [0.25, 0.3) is 0 Å². The molecule has 1 aliphatic heterocycles. The summed E-state index contributed by atoms with van der Waals surface area (Å²) in [7, 11) is 2.15. The number of piperazine rings is 1. The minimum absolute atomic E-state index is 0.151. The molecule has 0 atom stereocenters. The Bertz CT molecular complexity index is 447. The minimum Gasteiger partial charge on any atom is -0.352 e. The minimum atomic E-state index is -0.151. The summed E-state index contributed by atoms with van der Waals surface area (Å²) < 4.78 is 0. The predicted octanol–water partition coefficient (Wildman–Crippen LogP) is 1.10. The van der Waals surface area contributed by atoms with Crippen LogP contribution in [0.3, 0.4) is 0 Å². The van der Waals surface area contributed by atoms with Crippen molar-refractivity contribution in [2.75, 3.05) is 46.3 Å². The second-order valence-electron chi connectivity index (χ2n) is 5.11. The van der Waals surface area contributed by atoms with Crippen LogP contribution in [-0.2, 0) is 0 Å². The highest BCUT2D eigenvalue weighted by Gasteiger charge is 2.13. The van der Waals surface area contributed by atoms with Crippen LogP contribution in [0, 0.1) is 0 Å². The molecule has 0 aliphatic carbocycles. The van der Waals surface area contributed by atoms with Gasteiger partial charge in [-0.1, -0.05) is 11.6 Å². The van der Waals surface area contributed by atoms with Crippen molar-refractivity contribution in [1.29, 1.82) is 0 Å². The molecule has 1 aliphatic rings. The molecule has 0 aromatic carbocycles. The number of rotatable bonds is 5. The molecule has 1 N–H and O–H groups in total. The van der Waals surface area contributed by atoms with Crippen molar-refractivity contribution in [3.05, 3.63) is 29.0 Å². The van der Waals surface area contributed by atoms with Gasteiger partial charge in [-0.25, -0.2) is 0 Å². The van der Waals surface area contributed by atoms with E-state index in [-0.39, 0.29) is 5.91 Å². The van der Waals surface area contributed by atoms with E-state index in [2.05, 4.69) is 27.1 Å². The maximum atomic E-state index is 11.9. The first-order valence-electron chi connectivity index (χ1n) is 6.95. The average Bonchev–Trinajstić information content (AvgIpc) is 2.46. The Morgan fingerprint density at radius 3 is 2.85 bits per heavy atom. The molecule has 1 fully saturated rings. The molecule has 110 valence electrons. The van der Waals surface area contributed by atoms with Crippen LogP contribution in [0.15, 0.2) is 18.5 Å². The maximum absolute atomic E-state index is 11.9. The third-order valence-corrected chi connectivity index (χ3v) is 3.87. The van der Waals surface area contributed by atoms with E-state index in [1.807, 2.05) is 0 Å². The topological polar surface area (TPSA) is 48.5 Å².